The van der Waals surface area contributed by atoms with E-state index in [0.29, 0.717) is 0 Å². The molecule has 2 heteroatoms. The van der Waals surface area contributed by atoms with Gasteiger partial charge in [-0.25, -0.2) is 0 Å². The molecule has 1 unspecified atom stereocenters. The molecule has 0 spiro atoms. The van der Waals surface area contributed by atoms with Gasteiger partial charge in [-0.3, -0.25) is 4.98 Å². The topological polar surface area (TPSA) is 38.9 Å². The molecule has 0 amide bonds. The molecule has 2 N–H and O–H groups in total. The molecule has 0 saturated carbocycles. The minimum absolute atomic E-state index is 0.0878. The Hall–Kier alpha value is -1.67. The summed E-state index contributed by atoms with van der Waals surface area (Å²) in [6.07, 6.45) is 2.83. The van der Waals surface area contributed by atoms with Crippen molar-refractivity contribution in [2.45, 2.75) is 26.3 Å². The van der Waals surface area contributed by atoms with Crippen LogP contribution in [0.25, 0.3) is 0 Å². The molecule has 17 heavy (non-hydrogen) atoms. The fraction of sp³-hybridized carbons (Fsp3) is 0.267. The molecule has 0 aliphatic rings. The number of nitrogens with zero attached hydrogens (tertiary/aromatic N) is 1. The van der Waals surface area contributed by atoms with Gasteiger partial charge in [-0.2, -0.15) is 0 Å². The number of nitrogens with two attached hydrogens (primary N) is 1. The highest BCUT2D eigenvalue weighted by Gasteiger charge is 2.11. The van der Waals surface area contributed by atoms with Crippen molar-refractivity contribution in [3.63, 3.8) is 0 Å². The summed E-state index contributed by atoms with van der Waals surface area (Å²) in [5.41, 5.74) is 10.9. The molecule has 0 aliphatic carbocycles. The van der Waals surface area contributed by atoms with Crippen molar-refractivity contribution in [1.29, 1.82) is 0 Å². The Morgan fingerprint density at radius 3 is 2.76 bits per heavy atom. The molecule has 1 aromatic carbocycles. The molecule has 2 rings (SSSR count). The minimum atomic E-state index is -0.0878. The Balaban J connectivity index is 2.37. The zero-order valence-corrected chi connectivity index (χ0v) is 10.4. The van der Waals surface area contributed by atoms with Crippen molar-refractivity contribution in [3.8, 4) is 0 Å². The summed E-state index contributed by atoms with van der Waals surface area (Å²) in [6.45, 7) is 4.15. The van der Waals surface area contributed by atoms with Crippen LogP contribution in [0, 0.1) is 6.92 Å². The summed E-state index contributed by atoms with van der Waals surface area (Å²) in [5.74, 6) is 0. The van der Waals surface area contributed by atoms with Crippen LogP contribution in [0.3, 0.4) is 0 Å². The standard InChI is InChI=1S/C15H18N2/c1-3-12-6-4-7-13(10-12)15(16)14-8-5-9-17-11(14)2/h4-10,15H,3,16H2,1-2H3. The number of aryl methyl sites for hydroxylation is 2. The summed E-state index contributed by atoms with van der Waals surface area (Å²) < 4.78 is 0. The lowest BCUT2D eigenvalue weighted by Gasteiger charge is -2.15. The first-order chi connectivity index (χ1) is 8.22. The average Bonchev–Trinajstić information content (AvgIpc) is 2.38. The van der Waals surface area contributed by atoms with E-state index in [9.17, 15) is 0 Å². The third-order valence-corrected chi connectivity index (χ3v) is 3.10. The molecule has 1 atom stereocenters. The molecular formula is C15H18N2. The summed E-state index contributed by atoms with van der Waals surface area (Å²) >= 11 is 0. The van der Waals surface area contributed by atoms with E-state index in [4.69, 9.17) is 5.73 Å². The van der Waals surface area contributed by atoms with E-state index in [1.165, 1.54) is 5.56 Å². The molecule has 0 aliphatic heterocycles. The van der Waals surface area contributed by atoms with E-state index >= 15 is 0 Å². The third kappa shape index (κ3) is 2.53. The second-order valence-electron chi connectivity index (χ2n) is 4.25. The van der Waals surface area contributed by atoms with E-state index in [2.05, 4.69) is 36.2 Å². The highest BCUT2D eigenvalue weighted by atomic mass is 14.7. The summed E-state index contributed by atoms with van der Waals surface area (Å²) in [5, 5.41) is 0. The van der Waals surface area contributed by atoms with Crippen LogP contribution < -0.4 is 5.73 Å². The number of benzene rings is 1. The Bertz CT molecular complexity index is 506. The van der Waals surface area contributed by atoms with Crippen molar-refractivity contribution in [2.75, 3.05) is 0 Å². The quantitative estimate of drug-likeness (QED) is 0.873. The summed E-state index contributed by atoms with van der Waals surface area (Å²) in [7, 11) is 0. The van der Waals surface area contributed by atoms with Crippen LogP contribution >= 0.6 is 0 Å². The normalized spacial score (nSPS) is 12.4. The SMILES string of the molecule is CCc1cccc(C(N)c2cccnc2C)c1. The van der Waals surface area contributed by atoms with E-state index in [-0.39, 0.29) is 6.04 Å². The zero-order valence-electron chi connectivity index (χ0n) is 10.4. The van der Waals surface area contributed by atoms with E-state index in [0.717, 1.165) is 23.2 Å². The number of rotatable bonds is 3. The van der Waals surface area contributed by atoms with Gasteiger partial charge < -0.3 is 5.73 Å². The molecule has 0 saturated heterocycles. The lowest BCUT2D eigenvalue weighted by Crippen LogP contribution is -2.14. The molecule has 88 valence electrons. The number of aromatic nitrogens is 1. The molecule has 2 aromatic rings. The van der Waals surface area contributed by atoms with Gasteiger partial charge >= 0.3 is 0 Å². The van der Waals surface area contributed by atoms with Gasteiger partial charge in [-0.1, -0.05) is 37.3 Å². The maximum Gasteiger partial charge on any atom is 0.0569 e. The van der Waals surface area contributed by atoms with Crippen LogP contribution in [0.15, 0.2) is 42.6 Å². The van der Waals surface area contributed by atoms with Gasteiger partial charge in [0.25, 0.3) is 0 Å². The maximum atomic E-state index is 6.30. The highest BCUT2D eigenvalue weighted by molar-refractivity contribution is 5.35. The Morgan fingerprint density at radius 1 is 1.24 bits per heavy atom. The van der Waals surface area contributed by atoms with Crippen LogP contribution in [-0.2, 0) is 6.42 Å². The van der Waals surface area contributed by atoms with Crippen LogP contribution in [0.2, 0.25) is 0 Å². The lowest BCUT2D eigenvalue weighted by molar-refractivity contribution is 0.845. The minimum Gasteiger partial charge on any atom is -0.320 e. The largest absolute Gasteiger partial charge is 0.320 e. The molecule has 0 radical (unpaired) electrons. The van der Waals surface area contributed by atoms with Crippen molar-refractivity contribution in [2.24, 2.45) is 5.73 Å². The van der Waals surface area contributed by atoms with Gasteiger partial charge in [0.05, 0.1) is 6.04 Å². The average molecular weight is 226 g/mol. The smallest absolute Gasteiger partial charge is 0.0569 e. The van der Waals surface area contributed by atoms with E-state index < -0.39 is 0 Å². The Kier molecular flexibility index (Phi) is 3.55. The van der Waals surface area contributed by atoms with Crippen LogP contribution in [0.4, 0.5) is 0 Å². The summed E-state index contributed by atoms with van der Waals surface area (Å²) in [6, 6.07) is 12.4. The fourth-order valence-corrected chi connectivity index (χ4v) is 2.01. The van der Waals surface area contributed by atoms with Crippen molar-refractivity contribution in [3.05, 3.63) is 65.0 Å². The van der Waals surface area contributed by atoms with Crippen LogP contribution in [0.5, 0.6) is 0 Å². The van der Waals surface area contributed by atoms with Gasteiger partial charge in [0.1, 0.15) is 0 Å². The van der Waals surface area contributed by atoms with Crippen molar-refractivity contribution < 1.29 is 0 Å². The molecule has 0 bridgehead atoms. The van der Waals surface area contributed by atoms with E-state index in [1.54, 1.807) is 6.20 Å². The zero-order chi connectivity index (χ0) is 12.3. The van der Waals surface area contributed by atoms with Crippen LogP contribution in [0.1, 0.15) is 35.3 Å². The molecule has 1 heterocycles. The van der Waals surface area contributed by atoms with Crippen molar-refractivity contribution >= 4 is 0 Å². The van der Waals surface area contributed by atoms with Gasteiger partial charge in [0, 0.05) is 11.9 Å². The van der Waals surface area contributed by atoms with Gasteiger partial charge in [0.2, 0.25) is 0 Å². The predicted molar refractivity (Wildman–Crippen MR) is 70.8 cm³/mol. The Labute approximate surface area is 103 Å². The first kappa shape index (κ1) is 11.8. The first-order valence-electron chi connectivity index (χ1n) is 5.98. The number of hydrogen-bond acceptors (Lipinski definition) is 2. The predicted octanol–water partition coefficient (Wildman–Crippen LogP) is 3.00. The molecule has 2 nitrogen and oxygen atoms in total. The van der Waals surface area contributed by atoms with Gasteiger partial charge in [0.15, 0.2) is 0 Å². The Morgan fingerprint density at radius 2 is 2.06 bits per heavy atom. The van der Waals surface area contributed by atoms with E-state index in [1.807, 2.05) is 19.1 Å². The van der Waals surface area contributed by atoms with Crippen LogP contribution in [-0.4, -0.2) is 4.98 Å². The van der Waals surface area contributed by atoms with Gasteiger partial charge in [-0.15, -0.1) is 0 Å². The number of hydrogen-bond donors (Lipinski definition) is 1. The fourth-order valence-electron chi connectivity index (χ4n) is 2.01. The third-order valence-electron chi connectivity index (χ3n) is 3.10. The second kappa shape index (κ2) is 5.11. The summed E-state index contributed by atoms with van der Waals surface area (Å²) in [4.78, 5) is 4.29. The van der Waals surface area contributed by atoms with Crippen molar-refractivity contribution in [1.82, 2.24) is 4.98 Å². The second-order valence-corrected chi connectivity index (χ2v) is 4.25. The highest BCUT2D eigenvalue weighted by Crippen LogP contribution is 2.22. The molecule has 0 fully saturated rings. The first-order valence-corrected chi connectivity index (χ1v) is 5.98. The monoisotopic (exact) mass is 226 g/mol. The number of pyridine rings is 1. The maximum absolute atomic E-state index is 6.30. The molecular weight excluding hydrogens is 208 g/mol. The van der Waals surface area contributed by atoms with Gasteiger partial charge in [-0.05, 0) is 36.1 Å². The molecule has 1 aromatic heterocycles. The lowest BCUT2D eigenvalue weighted by atomic mass is 9.96.